The lowest BCUT2D eigenvalue weighted by molar-refractivity contribution is 0.524. The van der Waals surface area contributed by atoms with Crippen LogP contribution in [-0.2, 0) is 9.92 Å². The highest BCUT2D eigenvalue weighted by Crippen LogP contribution is 2.21. The van der Waals surface area contributed by atoms with Gasteiger partial charge in [-0.05, 0) is 37.1 Å². The molecule has 0 amide bonds. The molecule has 1 heterocycles. The Bertz CT molecular complexity index is 432. The fourth-order valence-electron chi connectivity index (χ4n) is 1.75. The van der Waals surface area contributed by atoms with Crippen molar-refractivity contribution in [2.24, 2.45) is 0 Å². The number of nitrogens with zero attached hydrogens (tertiary/aromatic N) is 1. The molecule has 82 valence electrons. The lowest BCUT2D eigenvalue weighted by Gasteiger charge is -2.18. The van der Waals surface area contributed by atoms with Gasteiger partial charge in [-0.25, -0.2) is 13.3 Å². The van der Waals surface area contributed by atoms with Gasteiger partial charge in [-0.15, -0.1) is 0 Å². The van der Waals surface area contributed by atoms with E-state index in [1.807, 2.05) is 0 Å². The van der Waals surface area contributed by atoms with Crippen LogP contribution in [0.3, 0.4) is 0 Å². The number of rotatable bonds is 2. The molecule has 1 aliphatic heterocycles. The summed E-state index contributed by atoms with van der Waals surface area (Å²) in [5.41, 5.74) is 6.19. The van der Waals surface area contributed by atoms with Gasteiger partial charge in [0.05, 0.1) is 4.90 Å². The van der Waals surface area contributed by atoms with Crippen molar-refractivity contribution in [3.63, 3.8) is 0 Å². The summed E-state index contributed by atoms with van der Waals surface area (Å²) in [5, 5.41) is 0. The Balaban J connectivity index is 2.32. The van der Waals surface area contributed by atoms with E-state index in [4.69, 9.17) is 10.5 Å². The number of benzene rings is 1. The van der Waals surface area contributed by atoms with Crippen LogP contribution in [0.1, 0.15) is 12.8 Å². The summed E-state index contributed by atoms with van der Waals surface area (Å²) in [6, 6.07) is 6.76. The van der Waals surface area contributed by atoms with Crippen LogP contribution >= 0.6 is 0 Å². The molecule has 15 heavy (non-hydrogen) atoms. The number of hydrogen-bond donors (Lipinski definition) is 2. The normalized spacial score (nSPS) is 21.3. The first-order valence-corrected chi connectivity index (χ1v) is 6.51. The summed E-state index contributed by atoms with van der Waals surface area (Å²) in [5.74, 6) is 0. The third-order valence-corrected chi connectivity index (χ3v) is 4.63. The molecule has 0 aromatic heterocycles. The molecule has 0 bridgehead atoms. The molecule has 0 radical (unpaired) electrons. The number of hydrogen-bond acceptors (Lipinski definition) is 3. The van der Waals surface area contributed by atoms with Gasteiger partial charge in [0, 0.05) is 18.8 Å². The first-order valence-electron chi connectivity index (χ1n) is 5.00. The second-order valence-electron chi connectivity index (χ2n) is 3.73. The summed E-state index contributed by atoms with van der Waals surface area (Å²) in [7, 11) is -2.78. The summed E-state index contributed by atoms with van der Waals surface area (Å²) < 4.78 is 21.9. The Morgan fingerprint density at radius 3 is 2.27 bits per heavy atom. The number of nitrogen functional groups attached to an aromatic ring is 1. The average Bonchev–Trinajstić information content (AvgIpc) is 2.71. The van der Waals surface area contributed by atoms with Crippen LogP contribution in [0.4, 0.5) is 5.69 Å². The maximum atomic E-state index is 12.3. The molecule has 1 atom stereocenters. The number of anilines is 1. The van der Waals surface area contributed by atoms with Crippen molar-refractivity contribution in [1.82, 2.24) is 4.31 Å². The zero-order valence-electron chi connectivity index (χ0n) is 8.48. The summed E-state index contributed by atoms with van der Waals surface area (Å²) in [6.07, 6.45) is 2.07. The standard InChI is InChI=1S/C10H15N3OS/c11-9-3-5-10(6-4-9)15(12,14)13-7-1-2-8-13/h3-6,12H,1-2,7-8,11H2. The van der Waals surface area contributed by atoms with Crippen molar-refractivity contribution in [1.29, 1.82) is 4.78 Å². The van der Waals surface area contributed by atoms with E-state index in [-0.39, 0.29) is 0 Å². The van der Waals surface area contributed by atoms with E-state index < -0.39 is 9.92 Å². The highest BCUT2D eigenvalue weighted by molar-refractivity contribution is 7.90. The predicted molar refractivity (Wildman–Crippen MR) is 60.8 cm³/mol. The van der Waals surface area contributed by atoms with Gasteiger partial charge in [0.25, 0.3) is 0 Å². The molecule has 2 rings (SSSR count). The quantitative estimate of drug-likeness (QED) is 0.752. The van der Waals surface area contributed by atoms with Gasteiger partial charge in [0.2, 0.25) is 0 Å². The van der Waals surface area contributed by atoms with Gasteiger partial charge < -0.3 is 5.73 Å². The molecular weight excluding hydrogens is 210 g/mol. The number of nitrogens with one attached hydrogen (secondary N) is 1. The summed E-state index contributed by atoms with van der Waals surface area (Å²) in [4.78, 5) is 0.554. The van der Waals surface area contributed by atoms with Crippen LogP contribution in [0, 0.1) is 4.78 Å². The Kier molecular flexibility index (Phi) is 2.67. The summed E-state index contributed by atoms with van der Waals surface area (Å²) >= 11 is 0. The van der Waals surface area contributed by atoms with E-state index in [1.165, 1.54) is 0 Å². The molecule has 1 aromatic rings. The fourth-order valence-corrected chi connectivity index (χ4v) is 3.32. The maximum Gasteiger partial charge on any atom is 0.137 e. The van der Waals surface area contributed by atoms with Crippen molar-refractivity contribution in [2.75, 3.05) is 18.8 Å². The van der Waals surface area contributed by atoms with Crippen LogP contribution in [0.15, 0.2) is 29.2 Å². The third-order valence-electron chi connectivity index (χ3n) is 2.63. The molecule has 1 fully saturated rings. The lowest BCUT2D eigenvalue weighted by Crippen LogP contribution is -2.26. The van der Waals surface area contributed by atoms with Gasteiger partial charge in [-0.3, -0.25) is 0 Å². The fraction of sp³-hybridized carbons (Fsp3) is 0.400. The minimum Gasteiger partial charge on any atom is -0.399 e. The van der Waals surface area contributed by atoms with Gasteiger partial charge in [-0.2, -0.15) is 0 Å². The monoisotopic (exact) mass is 225 g/mol. The first kappa shape index (κ1) is 10.4. The van der Waals surface area contributed by atoms with E-state index in [1.54, 1.807) is 28.6 Å². The largest absolute Gasteiger partial charge is 0.399 e. The second kappa shape index (κ2) is 3.83. The van der Waals surface area contributed by atoms with Crippen LogP contribution in [0.5, 0.6) is 0 Å². The minimum absolute atomic E-state index is 0.554. The topological polar surface area (TPSA) is 70.2 Å². The van der Waals surface area contributed by atoms with E-state index in [2.05, 4.69) is 0 Å². The zero-order chi connectivity index (χ0) is 10.9. The molecule has 0 aliphatic carbocycles. The minimum atomic E-state index is -2.78. The van der Waals surface area contributed by atoms with Crippen LogP contribution in [0.25, 0.3) is 0 Å². The highest BCUT2D eigenvalue weighted by Gasteiger charge is 2.23. The van der Waals surface area contributed by atoms with Crippen molar-refractivity contribution >= 4 is 15.6 Å². The van der Waals surface area contributed by atoms with Gasteiger partial charge in [-0.1, -0.05) is 0 Å². The second-order valence-corrected chi connectivity index (χ2v) is 5.77. The van der Waals surface area contributed by atoms with E-state index in [0.717, 1.165) is 25.9 Å². The molecule has 0 saturated carbocycles. The SMILES string of the molecule is N=S(=O)(c1ccc(N)cc1)N1CCCC1. The van der Waals surface area contributed by atoms with Gasteiger partial charge in [0.1, 0.15) is 9.92 Å². The van der Waals surface area contributed by atoms with Crippen molar-refractivity contribution in [3.8, 4) is 0 Å². The smallest absolute Gasteiger partial charge is 0.137 e. The molecule has 1 saturated heterocycles. The van der Waals surface area contributed by atoms with E-state index >= 15 is 0 Å². The number of nitrogens with two attached hydrogens (primary N) is 1. The molecular formula is C10H15N3OS. The average molecular weight is 225 g/mol. The van der Waals surface area contributed by atoms with Crippen molar-refractivity contribution in [3.05, 3.63) is 24.3 Å². The molecule has 3 N–H and O–H groups in total. The summed E-state index contributed by atoms with van der Waals surface area (Å²) in [6.45, 7) is 1.51. The zero-order valence-corrected chi connectivity index (χ0v) is 9.30. The highest BCUT2D eigenvalue weighted by atomic mass is 32.2. The van der Waals surface area contributed by atoms with Gasteiger partial charge >= 0.3 is 0 Å². The molecule has 4 nitrogen and oxygen atoms in total. The Morgan fingerprint density at radius 1 is 1.20 bits per heavy atom. The molecule has 1 aliphatic rings. The molecule has 1 aromatic carbocycles. The third kappa shape index (κ3) is 1.98. The van der Waals surface area contributed by atoms with Gasteiger partial charge in [0.15, 0.2) is 0 Å². The van der Waals surface area contributed by atoms with Crippen LogP contribution in [-0.4, -0.2) is 21.6 Å². The Hall–Kier alpha value is -1.07. The lowest BCUT2D eigenvalue weighted by atomic mass is 10.3. The maximum absolute atomic E-state index is 12.3. The Morgan fingerprint density at radius 2 is 1.73 bits per heavy atom. The first-order chi connectivity index (χ1) is 7.10. The molecule has 0 spiro atoms. The van der Waals surface area contributed by atoms with E-state index in [0.29, 0.717) is 10.6 Å². The van der Waals surface area contributed by atoms with Crippen LogP contribution in [0.2, 0.25) is 0 Å². The predicted octanol–water partition coefficient (Wildman–Crippen LogP) is 1.69. The van der Waals surface area contributed by atoms with Crippen LogP contribution < -0.4 is 5.73 Å². The Labute approximate surface area is 90.2 Å². The molecule has 5 heteroatoms. The van der Waals surface area contributed by atoms with E-state index in [9.17, 15) is 4.21 Å². The van der Waals surface area contributed by atoms with Crippen molar-refractivity contribution < 1.29 is 4.21 Å². The molecule has 1 unspecified atom stereocenters. The van der Waals surface area contributed by atoms with Crippen molar-refractivity contribution in [2.45, 2.75) is 17.7 Å².